The van der Waals surface area contributed by atoms with Crippen molar-refractivity contribution in [2.45, 2.75) is 24.9 Å². The molecule has 0 fully saturated rings. The minimum absolute atomic E-state index is 0.0943. The third-order valence-corrected chi connectivity index (χ3v) is 3.38. The SMILES string of the molecule is NCCC[C@H](NC(=O)[C@H](CO)NC(=O)c1cccc(O)c1O)C(=O)O. The van der Waals surface area contributed by atoms with Gasteiger partial charge in [0.05, 0.1) is 12.2 Å². The summed E-state index contributed by atoms with van der Waals surface area (Å²) < 4.78 is 0. The normalized spacial score (nSPS) is 12.9. The lowest BCUT2D eigenvalue weighted by Crippen LogP contribution is -2.53. The van der Waals surface area contributed by atoms with Gasteiger partial charge in [0.15, 0.2) is 11.5 Å². The fourth-order valence-electron chi connectivity index (χ4n) is 2.00. The quantitative estimate of drug-likeness (QED) is 0.261. The zero-order chi connectivity index (χ0) is 19.0. The monoisotopic (exact) mass is 355 g/mol. The summed E-state index contributed by atoms with van der Waals surface area (Å²) in [7, 11) is 0. The van der Waals surface area contributed by atoms with Gasteiger partial charge in [0.2, 0.25) is 5.91 Å². The molecule has 1 aromatic carbocycles. The van der Waals surface area contributed by atoms with Gasteiger partial charge in [-0.25, -0.2) is 4.79 Å². The van der Waals surface area contributed by atoms with Crippen molar-refractivity contribution in [3.05, 3.63) is 23.8 Å². The first kappa shape index (κ1) is 20.2. The summed E-state index contributed by atoms with van der Waals surface area (Å²) >= 11 is 0. The van der Waals surface area contributed by atoms with Crippen molar-refractivity contribution in [2.75, 3.05) is 13.2 Å². The van der Waals surface area contributed by atoms with E-state index in [0.29, 0.717) is 6.42 Å². The number of phenolic OH excluding ortho intramolecular Hbond substituents is 2. The van der Waals surface area contributed by atoms with E-state index in [1.54, 1.807) is 0 Å². The van der Waals surface area contributed by atoms with E-state index >= 15 is 0 Å². The summed E-state index contributed by atoms with van der Waals surface area (Å²) in [4.78, 5) is 35.3. The molecule has 8 N–H and O–H groups in total. The van der Waals surface area contributed by atoms with Gasteiger partial charge in [-0.3, -0.25) is 9.59 Å². The van der Waals surface area contributed by atoms with Gasteiger partial charge >= 0.3 is 5.97 Å². The van der Waals surface area contributed by atoms with E-state index in [1.165, 1.54) is 12.1 Å². The number of rotatable bonds is 9. The molecule has 0 aliphatic carbocycles. The van der Waals surface area contributed by atoms with Crippen molar-refractivity contribution in [3.63, 3.8) is 0 Å². The Morgan fingerprint density at radius 2 is 1.80 bits per heavy atom. The highest BCUT2D eigenvalue weighted by atomic mass is 16.4. The molecule has 0 radical (unpaired) electrons. The van der Waals surface area contributed by atoms with Crippen molar-refractivity contribution in [1.82, 2.24) is 10.6 Å². The van der Waals surface area contributed by atoms with Crippen LogP contribution in [-0.2, 0) is 9.59 Å². The zero-order valence-corrected chi connectivity index (χ0v) is 13.3. The molecule has 0 saturated carbocycles. The van der Waals surface area contributed by atoms with Crippen LogP contribution in [0, 0.1) is 0 Å². The first-order valence-electron chi connectivity index (χ1n) is 7.47. The second kappa shape index (κ2) is 9.45. The van der Waals surface area contributed by atoms with Crippen LogP contribution in [0.3, 0.4) is 0 Å². The molecule has 10 nitrogen and oxygen atoms in total. The van der Waals surface area contributed by atoms with E-state index in [4.69, 9.17) is 10.8 Å². The van der Waals surface area contributed by atoms with Crippen LogP contribution >= 0.6 is 0 Å². The smallest absolute Gasteiger partial charge is 0.326 e. The maximum absolute atomic E-state index is 12.1. The standard InChI is InChI=1S/C15H21N3O7/c16-6-2-4-9(15(24)25)17-14(23)10(7-19)18-13(22)8-3-1-5-11(20)12(8)21/h1,3,5,9-10,19-21H,2,4,6-7,16H2,(H,17,23)(H,18,22)(H,24,25)/t9-,10-/m0/s1. The van der Waals surface area contributed by atoms with Crippen molar-refractivity contribution >= 4 is 17.8 Å². The molecule has 0 saturated heterocycles. The third kappa shape index (κ3) is 5.62. The van der Waals surface area contributed by atoms with Gasteiger partial charge in [-0.1, -0.05) is 6.07 Å². The molecule has 10 heteroatoms. The minimum atomic E-state index is -1.44. The lowest BCUT2D eigenvalue weighted by Gasteiger charge is -2.20. The number of hydrogen-bond acceptors (Lipinski definition) is 7. The number of nitrogens with one attached hydrogen (secondary N) is 2. The minimum Gasteiger partial charge on any atom is -0.504 e. The number of phenols is 2. The maximum atomic E-state index is 12.1. The van der Waals surface area contributed by atoms with Crippen LogP contribution in [0.15, 0.2) is 18.2 Å². The Bertz CT molecular complexity index is 636. The lowest BCUT2D eigenvalue weighted by molar-refractivity contribution is -0.142. The first-order chi connectivity index (χ1) is 11.8. The Hall–Kier alpha value is -2.85. The lowest BCUT2D eigenvalue weighted by atomic mass is 10.1. The zero-order valence-electron chi connectivity index (χ0n) is 13.3. The van der Waals surface area contributed by atoms with Crippen molar-refractivity contribution in [3.8, 4) is 11.5 Å². The van der Waals surface area contributed by atoms with E-state index in [0.717, 1.165) is 6.07 Å². The highest BCUT2D eigenvalue weighted by Crippen LogP contribution is 2.27. The second-order valence-corrected chi connectivity index (χ2v) is 5.21. The van der Waals surface area contributed by atoms with Gasteiger partial charge in [-0.2, -0.15) is 0 Å². The molecule has 138 valence electrons. The molecule has 0 aliphatic heterocycles. The molecule has 0 aromatic heterocycles. The first-order valence-corrected chi connectivity index (χ1v) is 7.47. The Labute approximate surface area is 143 Å². The molecule has 0 aliphatic rings. The van der Waals surface area contributed by atoms with Crippen LogP contribution in [0.1, 0.15) is 23.2 Å². The largest absolute Gasteiger partial charge is 0.504 e. The van der Waals surface area contributed by atoms with Gasteiger partial charge in [0.1, 0.15) is 12.1 Å². The molecule has 0 bridgehead atoms. The summed E-state index contributed by atoms with van der Waals surface area (Å²) in [6.07, 6.45) is 0.460. The van der Waals surface area contributed by atoms with Crippen LogP contribution < -0.4 is 16.4 Å². The number of aromatic hydroxyl groups is 2. The van der Waals surface area contributed by atoms with Crippen LogP contribution in [0.25, 0.3) is 0 Å². The molecular formula is C15H21N3O7. The molecule has 1 rings (SSSR count). The predicted octanol–water partition coefficient (Wildman–Crippen LogP) is -1.50. The number of nitrogens with two attached hydrogens (primary N) is 1. The summed E-state index contributed by atoms with van der Waals surface area (Å²) in [5.74, 6) is -4.29. The number of amides is 2. The van der Waals surface area contributed by atoms with Gasteiger partial charge in [0, 0.05) is 0 Å². The maximum Gasteiger partial charge on any atom is 0.326 e. The molecule has 0 spiro atoms. The topological polar surface area (TPSA) is 182 Å². The summed E-state index contributed by atoms with van der Waals surface area (Å²) in [6, 6.07) is 1.03. The average Bonchev–Trinajstić information content (AvgIpc) is 2.58. The Morgan fingerprint density at radius 3 is 2.36 bits per heavy atom. The van der Waals surface area contributed by atoms with Crippen LogP contribution in [-0.4, -0.2) is 63.4 Å². The summed E-state index contributed by atoms with van der Waals surface area (Å²) in [5, 5.41) is 41.7. The third-order valence-electron chi connectivity index (χ3n) is 3.38. The fraction of sp³-hybridized carbons (Fsp3) is 0.400. The highest BCUT2D eigenvalue weighted by Gasteiger charge is 2.27. The van der Waals surface area contributed by atoms with Crippen LogP contribution in [0.5, 0.6) is 11.5 Å². The number of aliphatic hydroxyl groups is 1. The van der Waals surface area contributed by atoms with Crippen molar-refractivity contribution in [1.29, 1.82) is 0 Å². The highest BCUT2D eigenvalue weighted by molar-refractivity contribution is 6.00. The van der Waals surface area contributed by atoms with E-state index in [1.807, 2.05) is 0 Å². The molecule has 25 heavy (non-hydrogen) atoms. The van der Waals surface area contributed by atoms with Crippen LogP contribution in [0.4, 0.5) is 0 Å². The van der Waals surface area contributed by atoms with Gasteiger partial charge in [0.25, 0.3) is 5.91 Å². The van der Waals surface area contributed by atoms with Crippen LogP contribution in [0.2, 0.25) is 0 Å². The van der Waals surface area contributed by atoms with E-state index in [2.05, 4.69) is 10.6 Å². The molecule has 1 aromatic rings. The van der Waals surface area contributed by atoms with Gasteiger partial charge in [-0.05, 0) is 31.5 Å². The molecule has 2 atom stereocenters. The molecule has 2 amide bonds. The molecule has 0 heterocycles. The van der Waals surface area contributed by atoms with E-state index in [9.17, 15) is 29.7 Å². The number of carboxylic acids is 1. The van der Waals surface area contributed by atoms with E-state index < -0.39 is 48.0 Å². The fourth-order valence-corrected chi connectivity index (χ4v) is 2.00. The predicted molar refractivity (Wildman–Crippen MR) is 86.0 cm³/mol. The van der Waals surface area contributed by atoms with E-state index in [-0.39, 0.29) is 18.5 Å². The number of carbonyl (C=O) groups excluding carboxylic acids is 2. The van der Waals surface area contributed by atoms with Crippen molar-refractivity contribution < 1.29 is 34.8 Å². The average molecular weight is 355 g/mol. The summed E-state index contributed by atoms with van der Waals surface area (Å²) in [5.41, 5.74) is 5.00. The summed E-state index contributed by atoms with van der Waals surface area (Å²) in [6.45, 7) is -0.545. The van der Waals surface area contributed by atoms with Crippen molar-refractivity contribution in [2.24, 2.45) is 5.73 Å². The molecule has 0 unspecified atom stereocenters. The van der Waals surface area contributed by atoms with Gasteiger partial charge in [-0.15, -0.1) is 0 Å². The number of aliphatic carboxylic acids is 1. The number of benzene rings is 1. The Morgan fingerprint density at radius 1 is 1.12 bits per heavy atom. The number of para-hydroxylation sites is 1. The number of carbonyl (C=O) groups is 3. The Kier molecular flexibility index (Phi) is 7.63. The number of carboxylic acid groups (broad SMARTS) is 1. The number of hydrogen-bond donors (Lipinski definition) is 7. The van der Waals surface area contributed by atoms with Gasteiger partial charge < -0.3 is 36.8 Å². The Balaban J connectivity index is 2.80. The number of aliphatic hydroxyl groups excluding tert-OH is 1. The molecular weight excluding hydrogens is 334 g/mol. The second-order valence-electron chi connectivity index (χ2n) is 5.21.